The van der Waals surface area contributed by atoms with Crippen LogP contribution in [0, 0.1) is 0 Å². The third-order valence-electron chi connectivity index (χ3n) is 4.16. The van der Waals surface area contributed by atoms with Crippen molar-refractivity contribution in [2.24, 2.45) is 7.05 Å². The van der Waals surface area contributed by atoms with Gasteiger partial charge in [-0.2, -0.15) is 5.10 Å². The second-order valence-corrected chi connectivity index (χ2v) is 5.69. The van der Waals surface area contributed by atoms with Crippen molar-refractivity contribution in [3.05, 3.63) is 16.9 Å². The predicted octanol–water partition coefficient (Wildman–Crippen LogP) is 3.07. The first-order valence-electron chi connectivity index (χ1n) is 7.13. The first-order chi connectivity index (χ1) is 9.14. The van der Waals surface area contributed by atoms with Gasteiger partial charge in [-0.3, -0.25) is 4.68 Å². The van der Waals surface area contributed by atoms with E-state index in [4.69, 9.17) is 16.3 Å². The van der Waals surface area contributed by atoms with Crippen LogP contribution in [0.4, 0.5) is 0 Å². The molecule has 4 nitrogen and oxygen atoms in total. The maximum Gasteiger partial charge on any atom is 0.0891 e. The van der Waals surface area contributed by atoms with Gasteiger partial charge in [0.05, 0.1) is 28.6 Å². The molecule has 1 atom stereocenters. The van der Waals surface area contributed by atoms with Crippen LogP contribution in [-0.4, -0.2) is 29.0 Å². The third kappa shape index (κ3) is 2.81. The Balaban J connectivity index is 2.37. The minimum absolute atomic E-state index is 0.0905. The van der Waals surface area contributed by atoms with Gasteiger partial charge in [-0.1, -0.05) is 30.9 Å². The third-order valence-corrected chi connectivity index (χ3v) is 4.45. The van der Waals surface area contributed by atoms with E-state index in [1.54, 1.807) is 6.20 Å². The molecule has 0 saturated heterocycles. The van der Waals surface area contributed by atoms with Gasteiger partial charge in [-0.15, -0.1) is 0 Å². The number of aromatic nitrogens is 2. The number of hydrogen-bond acceptors (Lipinski definition) is 3. The zero-order chi connectivity index (χ0) is 13.9. The van der Waals surface area contributed by atoms with E-state index in [1.165, 1.54) is 19.3 Å². The standard InChI is InChI=1S/C14H24ClN3O/c1-4-19-14(8-6-5-7-9-14)13(16-2)12-11(15)10-17-18(12)3/h10,13,16H,4-9H2,1-3H3. The number of ether oxygens (including phenoxy) is 1. The zero-order valence-corrected chi connectivity index (χ0v) is 12.8. The van der Waals surface area contributed by atoms with Crippen molar-refractivity contribution >= 4 is 11.6 Å². The first-order valence-corrected chi connectivity index (χ1v) is 7.51. The molecule has 19 heavy (non-hydrogen) atoms. The molecule has 2 rings (SSSR count). The molecule has 1 aromatic heterocycles. The summed E-state index contributed by atoms with van der Waals surface area (Å²) in [5, 5.41) is 8.39. The minimum atomic E-state index is -0.154. The minimum Gasteiger partial charge on any atom is -0.373 e. The molecule has 1 saturated carbocycles. The number of nitrogens with one attached hydrogen (secondary N) is 1. The lowest BCUT2D eigenvalue weighted by Gasteiger charge is -2.43. The van der Waals surface area contributed by atoms with E-state index >= 15 is 0 Å². The molecule has 108 valence electrons. The summed E-state index contributed by atoms with van der Waals surface area (Å²) in [6.07, 6.45) is 7.59. The van der Waals surface area contributed by atoms with E-state index in [2.05, 4.69) is 17.3 Å². The quantitative estimate of drug-likeness (QED) is 0.904. The van der Waals surface area contributed by atoms with Gasteiger partial charge in [0.2, 0.25) is 0 Å². The number of rotatable bonds is 5. The molecule has 0 aromatic carbocycles. The van der Waals surface area contributed by atoms with E-state index in [0.717, 1.165) is 25.1 Å². The van der Waals surface area contributed by atoms with Crippen LogP contribution in [0.1, 0.15) is 50.8 Å². The van der Waals surface area contributed by atoms with Gasteiger partial charge in [-0.05, 0) is 26.8 Å². The summed E-state index contributed by atoms with van der Waals surface area (Å²) in [4.78, 5) is 0. The average Bonchev–Trinajstić information content (AvgIpc) is 2.73. The smallest absolute Gasteiger partial charge is 0.0891 e. The van der Waals surface area contributed by atoms with E-state index < -0.39 is 0 Å². The van der Waals surface area contributed by atoms with Crippen molar-refractivity contribution in [1.82, 2.24) is 15.1 Å². The van der Waals surface area contributed by atoms with Gasteiger partial charge in [0.15, 0.2) is 0 Å². The van der Waals surface area contributed by atoms with E-state index in [9.17, 15) is 0 Å². The van der Waals surface area contributed by atoms with Crippen LogP contribution in [0.25, 0.3) is 0 Å². The van der Waals surface area contributed by atoms with Crippen LogP contribution in [0.15, 0.2) is 6.20 Å². The van der Waals surface area contributed by atoms with Crippen molar-refractivity contribution < 1.29 is 4.74 Å². The Labute approximate surface area is 120 Å². The molecule has 1 N–H and O–H groups in total. The summed E-state index contributed by atoms with van der Waals surface area (Å²) in [7, 11) is 3.91. The fourth-order valence-electron chi connectivity index (χ4n) is 3.35. The Morgan fingerprint density at radius 2 is 2.16 bits per heavy atom. The summed E-state index contributed by atoms with van der Waals surface area (Å²) in [6, 6.07) is 0.0905. The topological polar surface area (TPSA) is 39.1 Å². The summed E-state index contributed by atoms with van der Waals surface area (Å²) >= 11 is 6.32. The molecule has 0 radical (unpaired) electrons. The maximum absolute atomic E-state index is 6.32. The molecule has 1 unspecified atom stereocenters. The fourth-order valence-corrected chi connectivity index (χ4v) is 3.62. The highest BCUT2D eigenvalue weighted by molar-refractivity contribution is 6.31. The largest absolute Gasteiger partial charge is 0.373 e. The summed E-state index contributed by atoms with van der Waals surface area (Å²) in [6.45, 7) is 2.79. The second kappa shape index (κ2) is 6.25. The van der Waals surface area contributed by atoms with Crippen LogP contribution >= 0.6 is 11.6 Å². The van der Waals surface area contributed by atoms with Gasteiger partial charge in [-0.25, -0.2) is 0 Å². The normalized spacial score (nSPS) is 20.4. The summed E-state index contributed by atoms with van der Waals surface area (Å²) in [5.74, 6) is 0. The molecule has 0 amide bonds. The highest BCUT2D eigenvalue weighted by atomic mass is 35.5. The molecule has 0 spiro atoms. The Kier molecular flexibility index (Phi) is 4.87. The zero-order valence-electron chi connectivity index (χ0n) is 12.1. The molecule has 1 aliphatic carbocycles. The van der Waals surface area contributed by atoms with Crippen molar-refractivity contribution in [3.8, 4) is 0 Å². The Bertz CT molecular complexity index is 388. The van der Waals surface area contributed by atoms with Gasteiger partial charge < -0.3 is 10.1 Å². The lowest BCUT2D eigenvalue weighted by Crippen LogP contribution is -2.47. The molecule has 0 bridgehead atoms. The molecule has 1 aliphatic rings. The van der Waals surface area contributed by atoms with Gasteiger partial charge in [0, 0.05) is 13.7 Å². The van der Waals surface area contributed by atoms with Crippen molar-refractivity contribution in [2.75, 3.05) is 13.7 Å². The molecular weight excluding hydrogens is 262 g/mol. The van der Waals surface area contributed by atoms with Crippen molar-refractivity contribution in [1.29, 1.82) is 0 Å². The maximum atomic E-state index is 6.32. The molecule has 0 aliphatic heterocycles. The summed E-state index contributed by atoms with van der Waals surface area (Å²) < 4.78 is 8.06. The second-order valence-electron chi connectivity index (χ2n) is 5.28. The van der Waals surface area contributed by atoms with E-state index in [0.29, 0.717) is 5.02 Å². The molecule has 1 aromatic rings. The van der Waals surface area contributed by atoms with Crippen LogP contribution in [-0.2, 0) is 11.8 Å². The Hall–Kier alpha value is -0.580. The Morgan fingerprint density at radius 1 is 1.47 bits per heavy atom. The van der Waals surface area contributed by atoms with Crippen LogP contribution in [0.2, 0.25) is 5.02 Å². The number of aryl methyl sites for hydroxylation is 1. The molecular formula is C14H24ClN3O. The molecule has 1 heterocycles. The summed E-state index contributed by atoms with van der Waals surface area (Å²) in [5.41, 5.74) is 0.874. The number of likely N-dealkylation sites (N-methyl/N-ethyl adjacent to an activating group) is 1. The Morgan fingerprint density at radius 3 is 2.63 bits per heavy atom. The number of halogens is 1. The van der Waals surface area contributed by atoms with Crippen molar-refractivity contribution in [2.45, 2.75) is 50.7 Å². The van der Waals surface area contributed by atoms with Gasteiger partial charge in [0.1, 0.15) is 0 Å². The lowest BCUT2D eigenvalue weighted by atomic mass is 9.78. The average molecular weight is 286 g/mol. The van der Waals surface area contributed by atoms with Crippen LogP contribution < -0.4 is 5.32 Å². The van der Waals surface area contributed by atoms with E-state index in [1.807, 2.05) is 18.8 Å². The highest BCUT2D eigenvalue weighted by Gasteiger charge is 2.42. The SMILES string of the molecule is CCOC1(C(NC)c2c(Cl)cnn2C)CCCCC1. The monoisotopic (exact) mass is 285 g/mol. The molecule has 5 heteroatoms. The lowest BCUT2D eigenvalue weighted by molar-refractivity contribution is -0.0913. The number of hydrogen-bond donors (Lipinski definition) is 1. The first kappa shape index (κ1) is 14.8. The van der Waals surface area contributed by atoms with E-state index in [-0.39, 0.29) is 11.6 Å². The van der Waals surface area contributed by atoms with Crippen molar-refractivity contribution in [3.63, 3.8) is 0 Å². The highest BCUT2D eigenvalue weighted by Crippen LogP contribution is 2.42. The van der Waals surface area contributed by atoms with Crippen LogP contribution in [0.5, 0.6) is 0 Å². The van der Waals surface area contributed by atoms with Gasteiger partial charge >= 0.3 is 0 Å². The predicted molar refractivity (Wildman–Crippen MR) is 77.5 cm³/mol. The van der Waals surface area contributed by atoms with Gasteiger partial charge in [0.25, 0.3) is 0 Å². The molecule has 1 fully saturated rings. The number of nitrogens with zero attached hydrogens (tertiary/aromatic N) is 2. The fraction of sp³-hybridized carbons (Fsp3) is 0.786. The van der Waals surface area contributed by atoms with Crippen LogP contribution in [0.3, 0.4) is 0 Å².